The molecule has 2 heterocycles. The van der Waals surface area contributed by atoms with Crippen molar-refractivity contribution in [3.8, 4) is 5.75 Å². The number of fused-ring (bicyclic) bond motifs is 1. The molecule has 0 spiro atoms. The first kappa shape index (κ1) is 21.4. The van der Waals surface area contributed by atoms with E-state index in [2.05, 4.69) is 51.6 Å². The van der Waals surface area contributed by atoms with Gasteiger partial charge in [0.25, 0.3) is 5.91 Å². The summed E-state index contributed by atoms with van der Waals surface area (Å²) in [6.45, 7) is 2.45. The van der Waals surface area contributed by atoms with E-state index in [9.17, 15) is 4.79 Å². The standard InChI is InChI=1S/C26H25N3O3S/c1-33-22-9-2-18(3-10-22)15-28-26(30)20-6-11-23-24(14-20)31-13-12-29(23)21-7-4-19(5-8-21)25-16-27-17-32-25/h2-11,14,17,25H,12-13,15-16H2,1H3,(H,28,30). The van der Waals surface area contributed by atoms with Crippen LogP contribution in [0.4, 0.5) is 11.4 Å². The summed E-state index contributed by atoms with van der Waals surface area (Å²) < 4.78 is 11.4. The largest absolute Gasteiger partial charge is 0.490 e. The van der Waals surface area contributed by atoms with Gasteiger partial charge in [0.15, 0.2) is 6.40 Å². The van der Waals surface area contributed by atoms with Gasteiger partial charge in [0.1, 0.15) is 18.5 Å². The molecule has 33 heavy (non-hydrogen) atoms. The maximum absolute atomic E-state index is 12.7. The van der Waals surface area contributed by atoms with Crippen LogP contribution in [0.3, 0.4) is 0 Å². The average molecular weight is 460 g/mol. The molecule has 168 valence electrons. The minimum atomic E-state index is -0.115. The van der Waals surface area contributed by atoms with E-state index in [4.69, 9.17) is 9.47 Å². The molecule has 0 radical (unpaired) electrons. The van der Waals surface area contributed by atoms with Crippen LogP contribution < -0.4 is 15.0 Å². The van der Waals surface area contributed by atoms with Crippen molar-refractivity contribution in [2.45, 2.75) is 17.5 Å². The van der Waals surface area contributed by atoms with Crippen LogP contribution in [-0.4, -0.2) is 38.3 Å². The predicted octanol–water partition coefficient (Wildman–Crippen LogP) is 4.97. The first-order valence-electron chi connectivity index (χ1n) is 10.9. The molecule has 1 unspecified atom stereocenters. The molecule has 2 aliphatic heterocycles. The van der Waals surface area contributed by atoms with Crippen molar-refractivity contribution in [1.29, 1.82) is 0 Å². The molecular weight excluding hydrogens is 434 g/mol. The highest BCUT2D eigenvalue weighted by Crippen LogP contribution is 2.37. The fourth-order valence-corrected chi connectivity index (χ4v) is 4.42. The molecule has 1 atom stereocenters. The number of rotatable bonds is 6. The number of thioether (sulfide) groups is 1. The number of nitrogens with one attached hydrogen (secondary N) is 1. The highest BCUT2D eigenvalue weighted by atomic mass is 32.2. The van der Waals surface area contributed by atoms with Crippen LogP contribution >= 0.6 is 11.8 Å². The van der Waals surface area contributed by atoms with Gasteiger partial charge in [-0.05, 0) is 59.8 Å². The van der Waals surface area contributed by atoms with Crippen LogP contribution in [0.1, 0.15) is 27.6 Å². The molecule has 5 rings (SSSR count). The molecule has 3 aromatic carbocycles. The van der Waals surface area contributed by atoms with Crippen molar-refractivity contribution in [1.82, 2.24) is 5.32 Å². The van der Waals surface area contributed by atoms with Crippen LogP contribution in [0.5, 0.6) is 5.75 Å². The Bertz CT molecular complexity index is 1150. The molecule has 0 fully saturated rings. The van der Waals surface area contributed by atoms with Crippen molar-refractivity contribution >= 4 is 35.4 Å². The van der Waals surface area contributed by atoms with Gasteiger partial charge in [0.2, 0.25) is 0 Å². The van der Waals surface area contributed by atoms with E-state index >= 15 is 0 Å². The third-order valence-electron chi connectivity index (χ3n) is 5.84. The van der Waals surface area contributed by atoms with Crippen molar-refractivity contribution in [3.63, 3.8) is 0 Å². The number of carbonyl (C=O) groups is 1. The Hall–Kier alpha value is -3.45. The van der Waals surface area contributed by atoms with Crippen LogP contribution in [0, 0.1) is 0 Å². The highest BCUT2D eigenvalue weighted by molar-refractivity contribution is 7.98. The number of anilines is 2. The number of benzene rings is 3. The number of nitrogens with zero attached hydrogens (tertiary/aromatic N) is 2. The molecule has 1 N–H and O–H groups in total. The maximum atomic E-state index is 12.7. The summed E-state index contributed by atoms with van der Waals surface area (Å²) in [4.78, 5) is 20.3. The van der Waals surface area contributed by atoms with Gasteiger partial charge in [0.05, 0.1) is 18.8 Å². The fraction of sp³-hybridized carbons (Fsp3) is 0.231. The van der Waals surface area contributed by atoms with E-state index in [0.29, 0.717) is 25.3 Å². The van der Waals surface area contributed by atoms with E-state index in [0.717, 1.165) is 34.8 Å². The second kappa shape index (κ2) is 9.58. The Balaban J connectivity index is 1.28. The Morgan fingerprint density at radius 1 is 1.12 bits per heavy atom. The van der Waals surface area contributed by atoms with Gasteiger partial charge in [-0.15, -0.1) is 11.8 Å². The second-order valence-electron chi connectivity index (χ2n) is 7.90. The van der Waals surface area contributed by atoms with E-state index in [1.54, 1.807) is 11.8 Å². The normalized spacial score (nSPS) is 16.6. The molecular formula is C26H25N3O3S. The van der Waals surface area contributed by atoms with Crippen molar-refractivity contribution in [3.05, 3.63) is 83.4 Å². The highest BCUT2D eigenvalue weighted by Gasteiger charge is 2.22. The smallest absolute Gasteiger partial charge is 0.251 e. The predicted molar refractivity (Wildman–Crippen MR) is 132 cm³/mol. The second-order valence-corrected chi connectivity index (χ2v) is 8.78. The lowest BCUT2D eigenvalue weighted by atomic mass is 10.1. The first-order chi connectivity index (χ1) is 16.2. The molecule has 6 nitrogen and oxygen atoms in total. The van der Waals surface area contributed by atoms with Crippen LogP contribution in [-0.2, 0) is 11.3 Å². The number of aliphatic imine (C=N–C) groups is 1. The minimum absolute atomic E-state index is 0.000525. The average Bonchev–Trinajstić information content (AvgIpc) is 3.42. The van der Waals surface area contributed by atoms with Crippen molar-refractivity contribution < 1.29 is 14.3 Å². The zero-order chi connectivity index (χ0) is 22.6. The zero-order valence-corrected chi connectivity index (χ0v) is 19.2. The summed E-state index contributed by atoms with van der Waals surface area (Å²) in [6, 6.07) is 22.2. The van der Waals surface area contributed by atoms with Crippen LogP contribution in [0.15, 0.2) is 76.6 Å². The molecule has 3 aromatic rings. The molecule has 0 saturated heterocycles. The van der Waals surface area contributed by atoms with Gasteiger partial charge in [-0.3, -0.25) is 9.79 Å². The Kier molecular flexibility index (Phi) is 6.21. The molecule has 2 aliphatic rings. The monoisotopic (exact) mass is 459 g/mol. The Morgan fingerprint density at radius 2 is 1.94 bits per heavy atom. The van der Waals surface area contributed by atoms with Gasteiger partial charge in [-0.25, -0.2) is 0 Å². The fourth-order valence-electron chi connectivity index (χ4n) is 4.01. The summed E-state index contributed by atoms with van der Waals surface area (Å²) >= 11 is 1.70. The number of ether oxygens (including phenoxy) is 2. The summed E-state index contributed by atoms with van der Waals surface area (Å²) in [7, 11) is 0. The summed E-state index contributed by atoms with van der Waals surface area (Å²) in [5.41, 5.74) is 4.80. The molecule has 1 amide bonds. The quantitative estimate of drug-likeness (QED) is 0.528. The van der Waals surface area contributed by atoms with Gasteiger partial charge in [-0.2, -0.15) is 0 Å². The van der Waals surface area contributed by atoms with Crippen LogP contribution in [0.25, 0.3) is 0 Å². The summed E-state index contributed by atoms with van der Waals surface area (Å²) in [6.07, 6.45) is 3.57. The molecule has 0 bridgehead atoms. The first-order valence-corrected chi connectivity index (χ1v) is 12.1. The number of hydrogen-bond acceptors (Lipinski definition) is 6. The maximum Gasteiger partial charge on any atom is 0.251 e. The molecule has 0 aromatic heterocycles. The van der Waals surface area contributed by atoms with Gasteiger partial charge >= 0.3 is 0 Å². The summed E-state index contributed by atoms with van der Waals surface area (Å²) in [5.74, 6) is 0.602. The lowest BCUT2D eigenvalue weighted by Gasteiger charge is -2.31. The van der Waals surface area contributed by atoms with Crippen molar-refractivity contribution in [2.75, 3.05) is 30.9 Å². The Morgan fingerprint density at radius 3 is 2.67 bits per heavy atom. The molecule has 7 heteroatoms. The summed E-state index contributed by atoms with van der Waals surface area (Å²) in [5, 5.41) is 3.00. The number of hydrogen-bond donors (Lipinski definition) is 1. The van der Waals surface area contributed by atoms with Crippen LogP contribution in [0.2, 0.25) is 0 Å². The number of carbonyl (C=O) groups excluding carboxylic acids is 1. The molecule has 0 saturated carbocycles. The molecule has 0 aliphatic carbocycles. The van der Waals surface area contributed by atoms with Gasteiger partial charge < -0.3 is 19.7 Å². The van der Waals surface area contributed by atoms with E-state index in [1.165, 1.54) is 11.3 Å². The third-order valence-corrected chi connectivity index (χ3v) is 6.59. The van der Waals surface area contributed by atoms with Crippen molar-refractivity contribution in [2.24, 2.45) is 4.99 Å². The van der Waals surface area contributed by atoms with Gasteiger partial charge in [-0.1, -0.05) is 24.3 Å². The van der Waals surface area contributed by atoms with E-state index < -0.39 is 0 Å². The lowest BCUT2D eigenvalue weighted by molar-refractivity contribution is 0.0950. The van der Waals surface area contributed by atoms with E-state index in [-0.39, 0.29) is 12.0 Å². The minimum Gasteiger partial charge on any atom is -0.490 e. The van der Waals surface area contributed by atoms with E-state index in [1.807, 2.05) is 36.6 Å². The topological polar surface area (TPSA) is 63.2 Å². The lowest BCUT2D eigenvalue weighted by Crippen LogP contribution is -2.29. The third kappa shape index (κ3) is 4.68. The number of amides is 1. The zero-order valence-electron chi connectivity index (χ0n) is 18.4. The van der Waals surface area contributed by atoms with Gasteiger partial charge in [0, 0.05) is 22.7 Å². The Labute approximate surface area is 197 Å². The SMILES string of the molecule is CSc1ccc(CNC(=O)c2ccc3c(c2)OCCN3c2ccc(C3CN=CO3)cc2)cc1.